The third-order valence-corrected chi connectivity index (χ3v) is 5.13. The van der Waals surface area contributed by atoms with E-state index in [0.29, 0.717) is 5.16 Å². The highest BCUT2D eigenvalue weighted by atomic mass is 79.9. The van der Waals surface area contributed by atoms with Gasteiger partial charge < -0.3 is 5.32 Å². The van der Waals surface area contributed by atoms with Crippen molar-refractivity contribution in [2.75, 3.05) is 11.1 Å². The average Bonchev–Trinajstić information content (AvgIpc) is 2.97. The summed E-state index contributed by atoms with van der Waals surface area (Å²) in [5, 5.41) is 11.9. The molecule has 3 aromatic rings. The van der Waals surface area contributed by atoms with Crippen LogP contribution in [-0.2, 0) is 4.79 Å². The van der Waals surface area contributed by atoms with E-state index >= 15 is 0 Å². The highest BCUT2D eigenvalue weighted by Gasteiger charge is 2.13. The predicted octanol–water partition coefficient (Wildman–Crippen LogP) is 4.38. The van der Waals surface area contributed by atoms with Gasteiger partial charge in [0.1, 0.15) is 5.82 Å². The molecule has 2 aromatic carbocycles. The molecule has 0 fully saturated rings. The largest absolute Gasteiger partial charge is 0.324 e. The zero-order valence-corrected chi connectivity index (χ0v) is 16.3. The Balaban J connectivity index is 1.69. The number of nitrogens with one attached hydrogen (secondary N) is 1. The molecule has 0 saturated carbocycles. The number of nitrogens with zero attached hydrogens (tertiary/aromatic N) is 3. The first-order chi connectivity index (χ1) is 12.0. The first kappa shape index (κ1) is 17.7. The maximum Gasteiger partial charge on any atom is 0.234 e. The number of thioether (sulfide) groups is 1. The van der Waals surface area contributed by atoms with Crippen LogP contribution < -0.4 is 5.32 Å². The van der Waals surface area contributed by atoms with Crippen molar-refractivity contribution in [3.05, 3.63) is 64.4 Å². The van der Waals surface area contributed by atoms with E-state index in [1.165, 1.54) is 11.8 Å². The summed E-state index contributed by atoms with van der Waals surface area (Å²) < 4.78 is 2.81. The lowest BCUT2D eigenvalue weighted by Crippen LogP contribution is -2.15. The van der Waals surface area contributed by atoms with Gasteiger partial charge in [-0.15, -0.1) is 10.2 Å². The Morgan fingerprint density at radius 1 is 1.16 bits per heavy atom. The van der Waals surface area contributed by atoms with Gasteiger partial charge in [0.25, 0.3) is 0 Å². The molecule has 7 heteroatoms. The Bertz CT molecular complexity index is 895. The van der Waals surface area contributed by atoms with E-state index in [1.807, 2.05) is 66.9 Å². The van der Waals surface area contributed by atoms with Crippen molar-refractivity contribution < 1.29 is 4.79 Å². The molecule has 1 amide bonds. The van der Waals surface area contributed by atoms with Crippen LogP contribution in [0.3, 0.4) is 0 Å². The van der Waals surface area contributed by atoms with Crippen molar-refractivity contribution in [2.45, 2.75) is 19.0 Å². The molecule has 1 heterocycles. The fraction of sp³-hybridized carbons (Fsp3) is 0.167. The van der Waals surface area contributed by atoms with Crippen molar-refractivity contribution in [2.24, 2.45) is 0 Å². The van der Waals surface area contributed by atoms with Crippen LogP contribution in [0.5, 0.6) is 0 Å². The number of anilines is 1. The van der Waals surface area contributed by atoms with Gasteiger partial charge in [0.2, 0.25) is 5.91 Å². The van der Waals surface area contributed by atoms with Crippen LogP contribution in [0.25, 0.3) is 5.69 Å². The molecule has 128 valence electrons. The Morgan fingerprint density at radius 2 is 1.92 bits per heavy atom. The fourth-order valence-electron chi connectivity index (χ4n) is 2.35. The minimum Gasteiger partial charge on any atom is -0.324 e. The lowest BCUT2D eigenvalue weighted by molar-refractivity contribution is -0.113. The number of hydrogen-bond donors (Lipinski definition) is 1. The normalized spacial score (nSPS) is 10.7. The second kappa shape index (κ2) is 7.84. The summed E-state index contributed by atoms with van der Waals surface area (Å²) in [7, 11) is 0. The molecular formula is C18H17BrN4OS. The Morgan fingerprint density at radius 3 is 2.64 bits per heavy atom. The summed E-state index contributed by atoms with van der Waals surface area (Å²) in [6.45, 7) is 3.90. The molecule has 1 N–H and O–H groups in total. The number of hydrogen-bond acceptors (Lipinski definition) is 4. The monoisotopic (exact) mass is 416 g/mol. The quantitative estimate of drug-likeness (QED) is 0.626. The average molecular weight is 417 g/mol. The summed E-state index contributed by atoms with van der Waals surface area (Å²) in [4.78, 5) is 12.3. The van der Waals surface area contributed by atoms with Gasteiger partial charge in [-0.05, 0) is 59.6 Å². The van der Waals surface area contributed by atoms with Gasteiger partial charge in [0.05, 0.1) is 11.4 Å². The van der Waals surface area contributed by atoms with Gasteiger partial charge in [-0.2, -0.15) is 0 Å². The van der Waals surface area contributed by atoms with Crippen molar-refractivity contribution in [3.8, 4) is 5.69 Å². The summed E-state index contributed by atoms with van der Waals surface area (Å²) in [5.74, 6) is 0.955. The summed E-state index contributed by atoms with van der Waals surface area (Å²) in [5.41, 5.74) is 2.87. The number of rotatable bonds is 5. The molecule has 0 bridgehead atoms. The van der Waals surface area contributed by atoms with Crippen LogP contribution in [0.1, 0.15) is 11.4 Å². The van der Waals surface area contributed by atoms with Gasteiger partial charge in [-0.1, -0.05) is 36.0 Å². The van der Waals surface area contributed by atoms with Crippen LogP contribution >= 0.6 is 27.7 Å². The molecule has 0 unspecified atom stereocenters. The van der Waals surface area contributed by atoms with Crippen molar-refractivity contribution in [1.29, 1.82) is 0 Å². The minimum absolute atomic E-state index is 0.0881. The van der Waals surface area contributed by atoms with E-state index in [1.54, 1.807) is 0 Å². The van der Waals surface area contributed by atoms with Gasteiger partial charge in [0.15, 0.2) is 5.16 Å². The Hall–Kier alpha value is -2.12. The molecule has 3 rings (SSSR count). The van der Waals surface area contributed by atoms with E-state index < -0.39 is 0 Å². The van der Waals surface area contributed by atoms with Crippen molar-refractivity contribution >= 4 is 39.3 Å². The van der Waals surface area contributed by atoms with Gasteiger partial charge in [-0.25, -0.2) is 0 Å². The number of halogens is 1. The molecule has 0 saturated heterocycles. The smallest absolute Gasteiger partial charge is 0.234 e. The van der Waals surface area contributed by atoms with E-state index in [4.69, 9.17) is 0 Å². The SMILES string of the molecule is Cc1ccc(NC(=O)CSc2nnc(C)n2-c2ccccc2)c(Br)c1. The van der Waals surface area contributed by atoms with Crippen molar-refractivity contribution in [1.82, 2.24) is 14.8 Å². The second-order valence-corrected chi connectivity index (χ2v) is 7.32. The molecule has 0 spiro atoms. The fourth-order valence-corrected chi connectivity index (χ4v) is 3.74. The first-order valence-corrected chi connectivity index (χ1v) is 9.48. The van der Waals surface area contributed by atoms with E-state index in [0.717, 1.165) is 27.2 Å². The zero-order chi connectivity index (χ0) is 17.8. The molecule has 0 aliphatic rings. The predicted molar refractivity (Wildman–Crippen MR) is 104 cm³/mol. The molecular weight excluding hydrogens is 400 g/mol. The first-order valence-electron chi connectivity index (χ1n) is 7.71. The molecule has 25 heavy (non-hydrogen) atoms. The lowest BCUT2D eigenvalue weighted by Gasteiger charge is -2.09. The minimum atomic E-state index is -0.0881. The van der Waals surface area contributed by atoms with E-state index in [9.17, 15) is 4.79 Å². The van der Waals surface area contributed by atoms with Crippen LogP contribution in [0.2, 0.25) is 0 Å². The number of aryl methyl sites for hydroxylation is 2. The lowest BCUT2D eigenvalue weighted by atomic mass is 10.2. The topological polar surface area (TPSA) is 59.8 Å². The highest BCUT2D eigenvalue weighted by Crippen LogP contribution is 2.25. The number of carbonyl (C=O) groups is 1. The van der Waals surface area contributed by atoms with Gasteiger partial charge >= 0.3 is 0 Å². The summed E-state index contributed by atoms with van der Waals surface area (Å²) >= 11 is 4.83. The number of para-hydroxylation sites is 1. The number of carbonyl (C=O) groups excluding carboxylic acids is 1. The molecule has 0 radical (unpaired) electrons. The Kier molecular flexibility index (Phi) is 5.55. The van der Waals surface area contributed by atoms with Gasteiger partial charge in [0, 0.05) is 10.2 Å². The van der Waals surface area contributed by atoms with Gasteiger partial charge in [-0.3, -0.25) is 9.36 Å². The third kappa shape index (κ3) is 4.29. The standard InChI is InChI=1S/C18H17BrN4OS/c1-12-8-9-16(15(19)10-12)20-17(24)11-25-18-22-21-13(2)23(18)14-6-4-3-5-7-14/h3-10H,11H2,1-2H3,(H,20,24). The maximum atomic E-state index is 12.3. The third-order valence-electron chi connectivity index (χ3n) is 3.54. The molecule has 5 nitrogen and oxygen atoms in total. The van der Waals surface area contributed by atoms with E-state index in [-0.39, 0.29) is 11.7 Å². The highest BCUT2D eigenvalue weighted by molar-refractivity contribution is 9.10. The number of amides is 1. The number of aromatic nitrogens is 3. The van der Waals surface area contributed by atoms with E-state index in [2.05, 4.69) is 31.4 Å². The second-order valence-electron chi connectivity index (χ2n) is 5.52. The molecule has 0 atom stereocenters. The molecule has 1 aromatic heterocycles. The molecule has 0 aliphatic heterocycles. The maximum absolute atomic E-state index is 12.3. The Labute approximate surface area is 159 Å². The zero-order valence-electron chi connectivity index (χ0n) is 13.9. The summed E-state index contributed by atoms with van der Waals surface area (Å²) in [6.07, 6.45) is 0. The van der Waals surface area contributed by atoms with Crippen LogP contribution in [-0.4, -0.2) is 26.4 Å². The van der Waals surface area contributed by atoms with Crippen LogP contribution in [0.15, 0.2) is 58.2 Å². The van der Waals surface area contributed by atoms with Crippen molar-refractivity contribution in [3.63, 3.8) is 0 Å². The van der Waals surface area contributed by atoms with Crippen LogP contribution in [0.4, 0.5) is 5.69 Å². The number of benzene rings is 2. The summed E-state index contributed by atoms with van der Waals surface area (Å²) in [6, 6.07) is 15.7. The van der Waals surface area contributed by atoms with Crippen LogP contribution in [0, 0.1) is 13.8 Å². The molecule has 0 aliphatic carbocycles.